The molecule has 0 aliphatic carbocycles. The first-order chi connectivity index (χ1) is 8.13. The Morgan fingerprint density at radius 2 is 2.33 bits per heavy atom. The van der Waals surface area contributed by atoms with Gasteiger partial charge in [-0.1, -0.05) is 0 Å². The molecule has 0 saturated carbocycles. The molecule has 0 aromatic carbocycles. The van der Waals surface area contributed by atoms with Crippen LogP contribution in [0.15, 0.2) is 12.5 Å². The number of aromatic nitrogens is 2. The molecule has 1 rings (SSSR count). The Hall–Kier alpha value is -1.19. The van der Waals surface area contributed by atoms with Crippen molar-refractivity contribution in [1.82, 2.24) is 15.4 Å². The minimum atomic E-state index is -1.09. The summed E-state index contributed by atoms with van der Waals surface area (Å²) in [6, 6.07) is -0.957. The van der Waals surface area contributed by atoms with Gasteiger partial charge in [0, 0.05) is 18.3 Å². The van der Waals surface area contributed by atoms with Gasteiger partial charge in [0.25, 0.3) is 0 Å². The van der Waals surface area contributed by atoms with Crippen LogP contribution in [0, 0.1) is 0 Å². The van der Waals surface area contributed by atoms with Gasteiger partial charge >= 0.3 is 5.97 Å². The van der Waals surface area contributed by atoms with Crippen molar-refractivity contribution >= 4 is 18.4 Å². The van der Waals surface area contributed by atoms with E-state index in [1.165, 1.54) is 12.5 Å². The lowest BCUT2D eigenvalue weighted by Gasteiger charge is -2.14. The lowest BCUT2D eigenvalue weighted by atomic mass is 10.2. The Balaban J connectivity index is 0.00000289. The maximum Gasteiger partial charge on any atom is 0.323 e. The van der Waals surface area contributed by atoms with Gasteiger partial charge in [0.05, 0.1) is 19.5 Å². The van der Waals surface area contributed by atoms with Crippen LogP contribution in [0.3, 0.4) is 0 Å². The minimum Gasteiger partial charge on any atom is -0.480 e. The Labute approximate surface area is 109 Å². The first-order valence-electron chi connectivity index (χ1n) is 4.99. The van der Waals surface area contributed by atoms with Crippen molar-refractivity contribution in [3.63, 3.8) is 0 Å². The van der Waals surface area contributed by atoms with Gasteiger partial charge in [0.2, 0.25) is 0 Å². The van der Waals surface area contributed by atoms with Crippen molar-refractivity contribution in [3.8, 4) is 0 Å². The van der Waals surface area contributed by atoms with E-state index in [4.69, 9.17) is 20.2 Å². The highest BCUT2D eigenvalue weighted by molar-refractivity contribution is 5.85. The molecule has 9 heteroatoms. The average molecular weight is 282 g/mol. The summed E-state index contributed by atoms with van der Waals surface area (Å²) in [6.45, 7) is -0.636. The lowest BCUT2D eigenvalue weighted by Crippen LogP contribution is -2.40. The van der Waals surface area contributed by atoms with Crippen molar-refractivity contribution in [1.29, 1.82) is 0 Å². The van der Waals surface area contributed by atoms with Crippen LogP contribution in [0.2, 0.25) is 0 Å². The number of aliphatic hydroxyl groups is 2. The zero-order chi connectivity index (χ0) is 12.7. The molecule has 5 N–H and O–H groups in total. The molecule has 0 spiro atoms. The van der Waals surface area contributed by atoms with Gasteiger partial charge < -0.3 is 20.3 Å². The fraction of sp³-hybridized carbons (Fsp3) is 0.556. The molecule has 0 aliphatic heterocycles. The fourth-order valence-electron chi connectivity index (χ4n) is 1.09. The molecule has 104 valence electrons. The normalized spacial score (nSPS) is 13.7. The summed E-state index contributed by atoms with van der Waals surface area (Å²) in [6.07, 6.45) is 2.10. The van der Waals surface area contributed by atoms with Crippen LogP contribution in [0.5, 0.6) is 0 Å². The molecule has 1 aromatic rings. The Morgan fingerprint density at radius 3 is 2.83 bits per heavy atom. The third kappa shape index (κ3) is 5.94. The number of hydrogen-bond donors (Lipinski definition) is 5. The van der Waals surface area contributed by atoms with E-state index < -0.39 is 24.7 Å². The molecule has 1 unspecified atom stereocenters. The lowest BCUT2D eigenvalue weighted by molar-refractivity contribution is -0.145. The van der Waals surface area contributed by atoms with Crippen molar-refractivity contribution in [2.75, 3.05) is 13.2 Å². The summed E-state index contributed by atoms with van der Waals surface area (Å²) in [5, 5.41) is 26.4. The number of aliphatic hydroxyl groups excluding tert-OH is 2. The average Bonchev–Trinajstić information content (AvgIpc) is 2.80. The highest BCUT2D eigenvalue weighted by Gasteiger charge is 2.19. The number of rotatable bonds is 8. The second kappa shape index (κ2) is 8.84. The number of imidazole rings is 1. The largest absolute Gasteiger partial charge is 0.480 e. The van der Waals surface area contributed by atoms with Gasteiger partial charge in [0.1, 0.15) is 12.1 Å². The molecule has 18 heavy (non-hydrogen) atoms. The van der Waals surface area contributed by atoms with E-state index in [1.54, 1.807) is 0 Å². The molecule has 0 aliphatic rings. The number of carbonyl (C=O) groups is 1. The van der Waals surface area contributed by atoms with E-state index >= 15 is 0 Å². The molecule has 2 atom stereocenters. The number of aliphatic carboxylic acids is 1. The van der Waals surface area contributed by atoms with Gasteiger partial charge in [0.15, 0.2) is 0 Å². The molecule has 1 heterocycles. The van der Waals surface area contributed by atoms with Crippen molar-refractivity contribution < 1.29 is 25.0 Å². The number of nitrogens with one attached hydrogen (secondary N) is 2. The second-order valence-electron chi connectivity index (χ2n) is 3.44. The van der Waals surface area contributed by atoms with Crippen LogP contribution in [-0.4, -0.2) is 56.6 Å². The number of H-pyrrole nitrogens is 1. The molecule has 0 bridgehead atoms. The SMILES string of the molecule is Cl.O=C(O)[C@H](Cc1cnc[nH]1)NOCC(O)CO. The zero-order valence-corrected chi connectivity index (χ0v) is 10.3. The van der Waals surface area contributed by atoms with E-state index in [0.29, 0.717) is 5.69 Å². The van der Waals surface area contributed by atoms with Gasteiger partial charge in [-0.25, -0.2) is 4.98 Å². The Morgan fingerprint density at radius 1 is 1.61 bits per heavy atom. The van der Waals surface area contributed by atoms with Crippen LogP contribution in [-0.2, 0) is 16.1 Å². The van der Waals surface area contributed by atoms with Crippen molar-refractivity contribution in [2.24, 2.45) is 0 Å². The second-order valence-corrected chi connectivity index (χ2v) is 3.44. The van der Waals surface area contributed by atoms with E-state index in [-0.39, 0.29) is 25.4 Å². The molecular formula is C9H16ClN3O5. The quantitative estimate of drug-likeness (QED) is 0.375. The number of hydroxylamine groups is 1. The standard InChI is InChI=1S/C9H15N3O5.ClH/c13-3-7(14)4-17-12-8(9(15)16)1-6-2-10-5-11-6;/h2,5,7-8,12-14H,1,3-4H2,(H,10,11)(H,15,16);1H/t7?,8-;/m0./s1. The number of hydrogen-bond acceptors (Lipinski definition) is 6. The first-order valence-corrected chi connectivity index (χ1v) is 4.99. The van der Waals surface area contributed by atoms with Crippen LogP contribution in [0.4, 0.5) is 0 Å². The fourth-order valence-corrected chi connectivity index (χ4v) is 1.09. The van der Waals surface area contributed by atoms with Crippen LogP contribution in [0.25, 0.3) is 0 Å². The predicted molar refractivity (Wildman–Crippen MR) is 63.1 cm³/mol. The number of aromatic amines is 1. The van der Waals surface area contributed by atoms with Crippen molar-refractivity contribution in [2.45, 2.75) is 18.6 Å². The third-order valence-corrected chi connectivity index (χ3v) is 1.99. The predicted octanol–water partition coefficient (Wildman–Crippen LogP) is -1.30. The summed E-state index contributed by atoms with van der Waals surface area (Å²) >= 11 is 0. The maximum absolute atomic E-state index is 10.9. The molecule has 1 aromatic heterocycles. The van der Waals surface area contributed by atoms with Crippen LogP contribution in [0.1, 0.15) is 5.69 Å². The van der Waals surface area contributed by atoms with E-state index in [1.807, 2.05) is 0 Å². The van der Waals surface area contributed by atoms with Gasteiger partial charge in [-0.15, -0.1) is 12.4 Å². The maximum atomic E-state index is 10.9. The van der Waals surface area contributed by atoms with Crippen LogP contribution >= 0.6 is 12.4 Å². The van der Waals surface area contributed by atoms with E-state index in [2.05, 4.69) is 15.4 Å². The molecule has 8 nitrogen and oxygen atoms in total. The van der Waals surface area contributed by atoms with Gasteiger partial charge in [-0.05, 0) is 0 Å². The molecule has 0 radical (unpaired) electrons. The number of nitrogens with zero attached hydrogens (tertiary/aromatic N) is 1. The van der Waals surface area contributed by atoms with E-state index in [9.17, 15) is 4.79 Å². The topological polar surface area (TPSA) is 128 Å². The molecule has 0 fully saturated rings. The van der Waals surface area contributed by atoms with Gasteiger partial charge in [-0.2, -0.15) is 5.48 Å². The van der Waals surface area contributed by atoms with Gasteiger partial charge in [-0.3, -0.25) is 9.63 Å². The zero-order valence-electron chi connectivity index (χ0n) is 9.44. The highest BCUT2D eigenvalue weighted by Crippen LogP contribution is 1.99. The monoisotopic (exact) mass is 281 g/mol. The summed E-state index contributed by atoms with van der Waals surface area (Å²) in [4.78, 5) is 22.2. The minimum absolute atomic E-state index is 0. The Bertz CT molecular complexity index is 335. The number of halogens is 1. The summed E-state index contributed by atoms with van der Waals surface area (Å²) < 4.78 is 0. The van der Waals surface area contributed by atoms with Crippen molar-refractivity contribution in [3.05, 3.63) is 18.2 Å². The number of carboxylic acids is 1. The number of carboxylic acid groups (broad SMARTS) is 1. The first kappa shape index (κ1) is 16.8. The summed E-state index contributed by atoms with van der Waals surface area (Å²) in [5.74, 6) is -1.09. The molecule has 0 amide bonds. The summed E-state index contributed by atoms with van der Waals surface area (Å²) in [5.41, 5.74) is 2.95. The summed E-state index contributed by atoms with van der Waals surface area (Å²) in [7, 11) is 0. The smallest absolute Gasteiger partial charge is 0.323 e. The van der Waals surface area contributed by atoms with E-state index in [0.717, 1.165) is 0 Å². The Kier molecular flexibility index (Phi) is 8.25. The molecule has 0 saturated heterocycles. The third-order valence-electron chi connectivity index (χ3n) is 1.99. The highest BCUT2D eigenvalue weighted by atomic mass is 35.5. The molecular weight excluding hydrogens is 266 g/mol. The van der Waals surface area contributed by atoms with Crippen LogP contribution < -0.4 is 5.48 Å².